The van der Waals surface area contributed by atoms with Crippen molar-refractivity contribution in [1.82, 2.24) is 10.2 Å². The lowest BCUT2D eigenvalue weighted by atomic mass is 10.1. The number of likely N-dealkylation sites (N-methyl/N-ethyl adjacent to an activating group) is 1. The molecule has 8 nitrogen and oxygen atoms in total. The van der Waals surface area contributed by atoms with E-state index < -0.39 is 28.5 Å². The minimum absolute atomic E-state index is 0.0347. The summed E-state index contributed by atoms with van der Waals surface area (Å²) >= 11 is 6.07. The van der Waals surface area contributed by atoms with Crippen LogP contribution in [0.4, 0.5) is 5.69 Å². The Labute approximate surface area is 257 Å². The van der Waals surface area contributed by atoms with Crippen molar-refractivity contribution in [1.29, 1.82) is 0 Å². The van der Waals surface area contributed by atoms with E-state index in [-0.39, 0.29) is 23.0 Å². The van der Waals surface area contributed by atoms with Gasteiger partial charge in [0.15, 0.2) is 0 Å². The summed E-state index contributed by atoms with van der Waals surface area (Å²) in [6.07, 6.45) is 0.335. The van der Waals surface area contributed by atoms with Gasteiger partial charge in [-0.2, -0.15) is 0 Å². The minimum atomic E-state index is -4.17. The first kappa shape index (κ1) is 31.6. The Morgan fingerprint density at radius 3 is 1.98 bits per heavy atom. The van der Waals surface area contributed by atoms with Gasteiger partial charge in [-0.15, -0.1) is 0 Å². The number of carbonyl (C=O) groups excluding carboxylic acids is 2. The average Bonchev–Trinajstić information content (AvgIpc) is 3.02. The maximum absolute atomic E-state index is 14.1. The largest absolute Gasteiger partial charge is 0.457 e. The highest BCUT2D eigenvalue weighted by Gasteiger charge is 2.33. The number of hydrogen-bond acceptors (Lipinski definition) is 5. The summed E-state index contributed by atoms with van der Waals surface area (Å²) in [6, 6.07) is 29.8. The van der Waals surface area contributed by atoms with Crippen molar-refractivity contribution >= 4 is 39.1 Å². The molecule has 0 aliphatic heterocycles. The summed E-state index contributed by atoms with van der Waals surface area (Å²) < 4.78 is 34.9. The first-order valence-electron chi connectivity index (χ1n) is 13.9. The fourth-order valence-corrected chi connectivity index (χ4v) is 6.11. The first-order chi connectivity index (χ1) is 20.7. The predicted octanol–water partition coefficient (Wildman–Crippen LogP) is 6.27. The Kier molecular flexibility index (Phi) is 10.8. The molecule has 43 heavy (non-hydrogen) atoms. The zero-order chi connectivity index (χ0) is 30.8. The van der Waals surface area contributed by atoms with Gasteiger partial charge in [0.25, 0.3) is 10.0 Å². The molecular formula is C33H34ClN3O5S. The van der Waals surface area contributed by atoms with E-state index in [4.69, 9.17) is 16.3 Å². The maximum Gasteiger partial charge on any atom is 0.264 e. The van der Waals surface area contributed by atoms with Crippen LogP contribution in [0.3, 0.4) is 0 Å². The number of amides is 2. The highest BCUT2D eigenvalue weighted by atomic mass is 35.5. The summed E-state index contributed by atoms with van der Waals surface area (Å²) in [5.41, 5.74) is 1.02. The molecule has 0 aromatic heterocycles. The van der Waals surface area contributed by atoms with Gasteiger partial charge in [0, 0.05) is 18.1 Å². The molecule has 0 bridgehead atoms. The van der Waals surface area contributed by atoms with Crippen LogP contribution >= 0.6 is 11.6 Å². The Morgan fingerprint density at radius 2 is 1.40 bits per heavy atom. The van der Waals surface area contributed by atoms with Crippen LogP contribution in [0.15, 0.2) is 114 Å². The van der Waals surface area contributed by atoms with E-state index in [0.29, 0.717) is 29.5 Å². The number of nitrogens with one attached hydrogen (secondary N) is 1. The average molecular weight is 620 g/mol. The zero-order valence-electron chi connectivity index (χ0n) is 24.0. The third-order valence-corrected chi connectivity index (χ3v) is 8.76. The van der Waals surface area contributed by atoms with Crippen molar-refractivity contribution in [3.63, 3.8) is 0 Å². The van der Waals surface area contributed by atoms with Crippen molar-refractivity contribution in [3.05, 3.63) is 120 Å². The molecule has 4 aromatic carbocycles. The normalized spacial score (nSPS) is 11.8. The Hall–Kier alpha value is -4.34. The van der Waals surface area contributed by atoms with Crippen LogP contribution in [0.5, 0.6) is 11.5 Å². The van der Waals surface area contributed by atoms with Gasteiger partial charge in [0.05, 0.1) is 10.6 Å². The molecule has 0 fully saturated rings. The number of carbonyl (C=O) groups is 2. The molecule has 0 radical (unpaired) electrons. The van der Waals surface area contributed by atoms with Crippen LogP contribution in [-0.2, 0) is 26.2 Å². The van der Waals surface area contributed by atoms with Gasteiger partial charge in [-0.25, -0.2) is 8.42 Å². The molecule has 0 aliphatic rings. The topological polar surface area (TPSA) is 96.0 Å². The van der Waals surface area contributed by atoms with E-state index in [9.17, 15) is 18.0 Å². The van der Waals surface area contributed by atoms with E-state index in [1.807, 2.05) is 37.3 Å². The van der Waals surface area contributed by atoms with Crippen molar-refractivity contribution in [2.45, 2.75) is 37.8 Å². The van der Waals surface area contributed by atoms with Crippen LogP contribution in [0, 0.1) is 0 Å². The number of halogens is 1. The number of benzene rings is 4. The summed E-state index contributed by atoms with van der Waals surface area (Å²) in [7, 11) is -4.17. The van der Waals surface area contributed by atoms with Crippen molar-refractivity contribution in [3.8, 4) is 11.5 Å². The van der Waals surface area contributed by atoms with Crippen LogP contribution in [0.2, 0.25) is 5.02 Å². The van der Waals surface area contributed by atoms with Crippen LogP contribution in [0.25, 0.3) is 0 Å². The highest BCUT2D eigenvalue weighted by molar-refractivity contribution is 7.92. The zero-order valence-corrected chi connectivity index (χ0v) is 25.6. The molecule has 10 heteroatoms. The van der Waals surface area contributed by atoms with Gasteiger partial charge >= 0.3 is 0 Å². The summed E-state index contributed by atoms with van der Waals surface area (Å²) in [4.78, 5) is 28.6. The molecular weight excluding hydrogens is 586 g/mol. The van der Waals surface area contributed by atoms with Gasteiger partial charge in [0.1, 0.15) is 24.1 Å². The first-order valence-corrected chi connectivity index (χ1v) is 15.8. The Bertz CT molecular complexity index is 1600. The van der Waals surface area contributed by atoms with Crippen LogP contribution in [0.1, 0.15) is 25.8 Å². The van der Waals surface area contributed by atoms with E-state index in [1.54, 1.807) is 73.7 Å². The second kappa shape index (κ2) is 14.7. The number of sulfonamides is 1. The molecule has 0 aliphatic carbocycles. The van der Waals surface area contributed by atoms with Gasteiger partial charge in [-0.1, -0.05) is 67.1 Å². The molecule has 2 amide bonds. The molecule has 0 saturated heterocycles. The van der Waals surface area contributed by atoms with E-state index >= 15 is 0 Å². The molecule has 224 valence electrons. The summed E-state index contributed by atoms with van der Waals surface area (Å²) in [5, 5.41) is 3.33. The molecule has 0 saturated carbocycles. The summed E-state index contributed by atoms with van der Waals surface area (Å²) in [5.74, 6) is 0.294. The second-order valence-corrected chi connectivity index (χ2v) is 12.0. The monoisotopic (exact) mass is 619 g/mol. The Balaban J connectivity index is 1.70. The molecule has 0 heterocycles. The van der Waals surface area contributed by atoms with Gasteiger partial charge in [0.2, 0.25) is 11.8 Å². The lowest BCUT2D eigenvalue weighted by Gasteiger charge is -2.33. The van der Waals surface area contributed by atoms with E-state index in [1.165, 1.54) is 17.0 Å². The standard InChI is InChI=1S/C33H34ClN3O5S/c1-3-31(33(39)35-4-2)36(23-25-15-17-26(34)18-16-25)32(38)24-37(43(40,41)30-13-9-6-10-14-30)27-19-21-29(22-20-27)42-28-11-7-5-8-12-28/h5-22,31H,3-4,23-24H2,1-2H3,(H,35,39)/t31-/m0/s1. The highest BCUT2D eigenvalue weighted by Crippen LogP contribution is 2.28. The number of hydrogen-bond donors (Lipinski definition) is 1. The van der Waals surface area contributed by atoms with Crippen LogP contribution in [-0.4, -0.2) is 44.3 Å². The quantitative estimate of drug-likeness (QED) is 0.190. The lowest BCUT2D eigenvalue weighted by molar-refractivity contribution is -0.140. The second-order valence-electron chi connectivity index (χ2n) is 9.70. The number of para-hydroxylation sites is 1. The van der Waals surface area contributed by atoms with Crippen molar-refractivity contribution in [2.24, 2.45) is 0 Å². The van der Waals surface area contributed by atoms with Gasteiger partial charge in [-0.05, 0) is 79.6 Å². The van der Waals surface area contributed by atoms with Crippen molar-refractivity contribution < 1.29 is 22.7 Å². The lowest BCUT2D eigenvalue weighted by Crippen LogP contribution is -2.52. The van der Waals surface area contributed by atoms with Gasteiger partial charge in [-0.3, -0.25) is 13.9 Å². The molecule has 4 aromatic rings. The number of anilines is 1. The predicted molar refractivity (Wildman–Crippen MR) is 169 cm³/mol. The SMILES string of the molecule is CCNC(=O)[C@H](CC)N(Cc1ccc(Cl)cc1)C(=O)CN(c1ccc(Oc2ccccc2)cc1)S(=O)(=O)c1ccccc1. The Morgan fingerprint density at radius 1 is 0.814 bits per heavy atom. The van der Waals surface area contributed by atoms with E-state index in [0.717, 1.165) is 9.87 Å². The van der Waals surface area contributed by atoms with Gasteiger partial charge < -0.3 is 15.0 Å². The number of ether oxygens (including phenoxy) is 1. The minimum Gasteiger partial charge on any atom is -0.457 e. The molecule has 0 unspecified atom stereocenters. The fourth-order valence-electron chi connectivity index (χ4n) is 4.55. The summed E-state index contributed by atoms with van der Waals surface area (Å²) in [6.45, 7) is 3.57. The molecule has 0 spiro atoms. The fraction of sp³-hybridized carbons (Fsp3) is 0.212. The molecule has 4 rings (SSSR count). The third-order valence-electron chi connectivity index (χ3n) is 6.72. The number of rotatable bonds is 13. The maximum atomic E-state index is 14.1. The molecule has 1 atom stereocenters. The smallest absolute Gasteiger partial charge is 0.264 e. The number of nitrogens with zero attached hydrogens (tertiary/aromatic N) is 2. The molecule has 1 N–H and O–H groups in total. The third kappa shape index (κ3) is 8.15. The van der Waals surface area contributed by atoms with Crippen molar-refractivity contribution in [2.75, 3.05) is 17.4 Å². The van der Waals surface area contributed by atoms with Crippen LogP contribution < -0.4 is 14.4 Å². The van der Waals surface area contributed by atoms with E-state index in [2.05, 4.69) is 5.32 Å².